The molecule has 0 heterocycles. The van der Waals surface area contributed by atoms with E-state index in [-0.39, 0.29) is 0 Å². The third kappa shape index (κ3) is 10.5. The van der Waals surface area contributed by atoms with Crippen LogP contribution in [0.4, 0.5) is 0 Å². The van der Waals surface area contributed by atoms with Crippen molar-refractivity contribution in [2.24, 2.45) is 0 Å². The third-order valence-corrected chi connectivity index (χ3v) is 3.86. The first-order valence-electron chi connectivity index (χ1n) is 4.20. The van der Waals surface area contributed by atoms with Gasteiger partial charge in [0.2, 0.25) is 0 Å². The van der Waals surface area contributed by atoms with E-state index >= 15 is 0 Å². The summed E-state index contributed by atoms with van der Waals surface area (Å²) in [6.07, 6.45) is 2.13. The highest BCUT2D eigenvalue weighted by Gasteiger charge is 2.22. The van der Waals surface area contributed by atoms with Gasteiger partial charge < -0.3 is 9.05 Å². The third-order valence-electron chi connectivity index (χ3n) is 1.29. The Hall–Kier alpha value is 2.01. The molecular formula is C7H14Br3O2PS. The maximum atomic E-state index is 5.51. The molecule has 1 unspecified atom stereocenters. The molecule has 7 heteroatoms. The number of alkyl halides is 3. The fourth-order valence-electron chi connectivity index (χ4n) is 0.602. The predicted molar refractivity (Wildman–Crippen MR) is 76.5 cm³/mol. The minimum absolute atomic E-state index is 0.402. The largest absolute Gasteiger partial charge is 0.329 e. The molecule has 0 aromatic carbocycles. The van der Waals surface area contributed by atoms with Crippen LogP contribution < -0.4 is 0 Å². The summed E-state index contributed by atoms with van der Waals surface area (Å²) in [5.74, 6) is 0. The second kappa shape index (κ2) is 7.36. The Kier molecular flexibility index (Phi) is 8.41. The van der Waals surface area contributed by atoms with Crippen LogP contribution in [0.25, 0.3) is 0 Å². The van der Waals surface area contributed by atoms with Crippen molar-refractivity contribution in [2.45, 2.75) is 21.9 Å². The summed E-state index contributed by atoms with van der Waals surface area (Å²) in [4.78, 5) is 0. The zero-order valence-electron chi connectivity index (χ0n) is 8.13. The van der Waals surface area contributed by atoms with Crippen molar-refractivity contribution in [1.82, 2.24) is 0 Å². The van der Waals surface area contributed by atoms with Crippen LogP contribution in [0.5, 0.6) is 0 Å². The van der Waals surface area contributed by atoms with E-state index in [1.54, 1.807) is 0 Å². The normalized spacial score (nSPS) is 16.6. The van der Waals surface area contributed by atoms with Gasteiger partial charge in [0.05, 0.1) is 13.2 Å². The van der Waals surface area contributed by atoms with Gasteiger partial charge >= 0.3 is 0 Å². The number of hydrogen-bond donors (Lipinski definition) is 0. The number of halogens is 3. The molecule has 2 nitrogen and oxygen atoms in total. The van der Waals surface area contributed by atoms with E-state index in [0.717, 1.165) is 12.8 Å². The molecule has 14 heavy (non-hydrogen) atoms. The summed E-state index contributed by atoms with van der Waals surface area (Å²) in [5.41, 5.74) is 0. The maximum absolute atomic E-state index is 5.51. The average Bonchev–Trinajstić information content (AvgIpc) is 2.00. The van der Waals surface area contributed by atoms with E-state index in [4.69, 9.17) is 20.9 Å². The van der Waals surface area contributed by atoms with Gasteiger partial charge in [-0.05, 0) is 18.2 Å². The highest BCUT2D eigenvalue weighted by Crippen LogP contribution is 2.47. The molecule has 0 bridgehead atoms. The van der Waals surface area contributed by atoms with E-state index in [1.807, 2.05) is 6.66 Å². The Morgan fingerprint density at radius 2 is 1.86 bits per heavy atom. The molecule has 0 radical (unpaired) electrons. The lowest BCUT2D eigenvalue weighted by molar-refractivity contribution is 0.254. The summed E-state index contributed by atoms with van der Waals surface area (Å²) < 4.78 is 10.6. The van der Waals surface area contributed by atoms with Crippen molar-refractivity contribution in [3.63, 3.8) is 0 Å². The van der Waals surface area contributed by atoms with Gasteiger partial charge in [-0.3, -0.25) is 0 Å². The molecule has 0 rings (SSSR count). The molecule has 0 spiro atoms. The number of rotatable bonds is 6. The lowest BCUT2D eigenvalue weighted by Gasteiger charge is -2.21. The average molecular weight is 433 g/mol. The standard InChI is InChI=1S/C7H14Br3O2PS/c1-3-4-5-11-13(2,14)12-6-7(8,9)10/h3-6H2,1-2H3. The van der Waals surface area contributed by atoms with Crippen molar-refractivity contribution >= 4 is 66.1 Å². The second-order valence-corrected chi connectivity index (χ2v) is 14.1. The smallest absolute Gasteiger partial charge is 0.185 e. The molecule has 0 aromatic heterocycles. The monoisotopic (exact) mass is 430 g/mol. The molecule has 0 aliphatic carbocycles. The van der Waals surface area contributed by atoms with Crippen molar-refractivity contribution in [3.05, 3.63) is 0 Å². The van der Waals surface area contributed by atoms with Crippen molar-refractivity contribution in [2.75, 3.05) is 19.9 Å². The molecule has 0 fully saturated rings. The van der Waals surface area contributed by atoms with Gasteiger partial charge in [-0.25, -0.2) is 0 Å². The van der Waals surface area contributed by atoms with Gasteiger partial charge in [-0.2, -0.15) is 0 Å². The Labute approximate surface area is 116 Å². The van der Waals surface area contributed by atoms with Crippen LogP contribution in [0.1, 0.15) is 19.8 Å². The lowest BCUT2D eigenvalue weighted by Crippen LogP contribution is -2.10. The molecule has 0 aliphatic rings. The quantitative estimate of drug-likeness (QED) is 0.347. The highest BCUT2D eigenvalue weighted by atomic mass is 80.0. The number of unbranched alkanes of at least 4 members (excludes halogenated alkanes) is 1. The molecule has 0 N–H and O–H groups in total. The first-order chi connectivity index (χ1) is 6.27. The van der Waals surface area contributed by atoms with E-state index < -0.39 is 8.63 Å². The summed E-state index contributed by atoms with van der Waals surface area (Å²) in [7, 11) is 0. The van der Waals surface area contributed by atoms with Crippen molar-refractivity contribution in [1.29, 1.82) is 0 Å². The minimum Gasteiger partial charge on any atom is -0.329 e. The van der Waals surface area contributed by atoms with Gasteiger partial charge in [-0.15, -0.1) is 0 Å². The van der Waals surface area contributed by atoms with E-state index in [2.05, 4.69) is 54.7 Å². The Morgan fingerprint density at radius 1 is 1.29 bits per heavy atom. The van der Waals surface area contributed by atoms with Crippen LogP contribution in [0.3, 0.4) is 0 Å². The predicted octanol–water partition coefficient (Wildman–Crippen LogP) is 4.60. The first-order valence-corrected chi connectivity index (χ1v) is 9.66. The SMILES string of the molecule is CCCCOP(C)(=S)OCC(Br)(Br)Br. The van der Waals surface area contributed by atoms with Crippen LogP contribution in [0.2, 0.25) is 0 Å². The van der Waals surface area contributed by atoms with Crippen LogP contribution in [0.15, 0.2) is 0 Å². The summed E-state index contributed by atoms with van der Waals surface area (Å²) in [6, 6.07) is 0. The second-order valence-electron chi connectivity index (χ2n) is 2.85. The van der Waals surface area contributed by atoms with Gasteiger partial charge in [0, 0.05) is 6.66 Å². The molecular weight excluding hydrogens is 419 g/mol. The lowest BCUT2D eigenvalue weighted by atomic mass is 10.4. The molecule has 0 amide bonds. The van der Waals surface area contributed by atoms with Gasteiger partial charge in [0.1, 0.15) is 0 Å². The molecule has 0 saturated heterocycles. The maximum Gasteiger partial charge on any atom is 0.185 e. The fourth-order valence-corrected chi connectivity index (χ4v) is 2.82. The van der Waals surface area contributed by atoms with Gasteiger partial charge in [0.15, 0.2) is 8.63 Å². The van der Waals surface area contributed by atoms with Crippen molar-refractivity contribution in [3.8, 4) is 0 Å². The zero-order valence-corrected chi connectivity index (χ0v) is 14.6. The van der Waals surface area contributed by atoms with Crippen LogP contribution >= 0.6 is 54.3 Å². The summed E-state index contributed by atoms with van der Waals surface area (Å²) in [5, 5.41) is 0. The van der Waals surface area contributed by atoms with Crippen LogP contribution in [-0.2, 0) is 20.9 Å². The Balaban J connectivity index is 3.78. The molecule has 1 atom stereocenters. The topological polar surface area (TPSA) is 18.5 Å². The summed E-state index contributed by atoms with van der Waals surface area (Å²) >= 11 is 15.2. The summed E-state index contributed by atoms with van der Waals surface area (Å²) in [6.45, 7) is 2.99. The van der Waals surface area contributed by atoms with Gasteiger partial charge in [-0.1, -0.05) is 61.1 Å². The molecule has 0 aromatic rings. The first kappa shape index (κ1) is 16.0. The number of hydrogen-bond acceptors (Lipinski definition) is 3. The minimum atomic E-state index is -2.08. The van der Waals surface area contributed by atoms with Gasteiger partial charge in [0.25, 0.3) is 0 Å². The van der Waals surface area contributed by atoms with E-state index in [0.29, 0.717) is 13.2 Å². The Morgan fingerprint density at radius 3 is 2.29 bits per heavy atom. The molecule has 0 saturated carbocycles. The zero-order chi connectivity index (χ0) is 11.2. The fraction of sp³-hybridized carbons (Fsp3) is 1.00. The highest BCUT2D eigenvalue weighted by molar-refractivity contribution is 9.39. The molecule has 0 aliphatic heterocycles. The Bertz CT molecular complexity index is 208. The van der Waals surface area contributed by atoms with Crippen molar-refractivity contribution < 1.29 is 9.05 Å². The van der Waals surface area contributed by atoms with Crippen LogP contribution in [-0.4, -0.2) is 22.0 Å². The molecule has 86 valence electrons. The van der Waals surface area contributed by atoms with Crippen LogP contribution in [0, 0.1) is 0 Å². The van der Waals surface area contributed by atoms with E-state index in [1.165, 1.54) is 0 Å². The van der Waals surface area contributed by atoms with E-state index in [9.17, 15) is 0 Å².